The van der Waals surface area contributed by atoms with E-state index in [0.717, 1.165) is 6.42 Å². The normalized spacial score (nSPS) is 12.0. The van der Waals surface area contributed by atoms with E-state index in [1.165, 1.54) is 5.57 Å². The Hall–Kier alpha value is -0.390. The largest absolute Gasteiger partial charge is 0.106 e. The molecule has 0 rings (SSSR count). The molecule has 34 valence electrons. The van der Waals surface area contributed by atoms with Crippen LogP contribution in [0, 0.1) is 6.92 Å². The molecule has 0 unspecified atom stereocenters. The number of allylic oxidation sites excluding steroid dienone is 2. The number of hydrogen-bond donors (Lipinski definition) is 0. The van der Waals surface area contributed by atoms with Gasteiger partial charge in [0.2, 0.25) is 0 Å². The molecule has 0 aromatic carbocycles. The molecule has 6 heavy (non-hydrogen) atoms. The monoisotopic (exact) mass is 83.1 g/mol. The molecule has 0 N–H and O–H groups in total. The summed E-state index contributed by atoms with van der Waals surface area (Å²) in [6, 6.07) is 0. The van der Waals surface area contributed by atoms with Gasteiger partial charge in [0, 0.05) is 0 Å². The zero-order valence-corrected chi connectivity index (χ0v) is 4.49. The van der Waals surface area contributed by atoms with Crippen LogP contribution in [0.25, 0.3) is 0 Å². The van der Waals surface area contributed by atoms with Gasteiger partial charge in [-0.15, -0.1) is 0 Å². The van der Waals surface area contributed by atoms with Crippen molar-refractivity contribution in [2.45, 2.75) is 20.3 Å². The summed E-state index contributed by atoms with van der Waals surface area (Å²) in [5.74, 6) is 0. The molecule has 0 saturated heterocycles. The molecular weight excluding hydrogens is 72.1 g/mol. The molecule has 0 aliphatic carbocycles. The Morgan fingerprint density at radius 1 is 1.83 bits per heavy atom. The van der Waals surface area contributed by atoms with Crippen molar-refractivity contribution >= 4 is 0 Å². The van der Waals surface area contributed by atoms with Crippen LogP contribution in [0.4, 0.5) is 0 Å². The standard InChI is InChI=1S/C6H11/c1-4-6(3)5-2/h5H,1,4H2,2-3H3/q+1/b6-5-. The second-order valence-electron chi connectivity index (χ2n) is 1.39. The molecule has 0 aliphatic heterocycles. The van der Waals surface area contributed by atoms with Gasteiger partial charge >= 0.3 is 0 Å². The summed E-state index contributed by atoms with van der Waals surface area (Å²) in [7, 11) is 0. The summed E-state index contributed by atoms with van der Waals surface area (Å²) in [6.07, 6.45) is 3.02. The molecule has 0 spiro atoms. The zero-order valence-electron chi connectivity index (χ0n) is 4.49. The minimum Gasteiger partial charge on any atom is -0.0845 e. The molecule has 0 aromatic heterocycles. The van der Waals surface area contributed by atoms with E-state index in [4.69, 9.17) is 0 Å². The lowest BCUT2D eigenvalue weighted by Crippen LogP contribution is -1.64. The smallest absolute Gasteiger partial charge is 0.0845 e. The molecule has 0 aliphatic rings. The van der Waals surface area contributed by atoms with Crippen LogP contribution in [-0.4, -0.2) is 0 Å². The molecule has 0 radical (unpaired) electrons. The van der Waals surface area contributed by atoms with Crippen LogP contribution in [0.3, 0.4) is 0 Å². The first-order valence-corrected chi connectivity index (χ1v) is 2.22. The van der Waals surface area contributed by atoms with Crippen LogP contribution in [0.1, 0.15) is 20.3 Å². The van der Waals surface area contributed by atoms with Gasteiger partial charge in [-0.1, -0.05) is 6.08 Å². The highest BCUT2D eigenvalue weighted by molar-refractivity contribution is 4.95. The van der Waals surface area contributed by atoms with E-state index in [1.807, 2.05) is 6.92 Å². The van der Waals surface area contributed by atoms with E-state index >= 15 is 0 Å². The maximum Gasteiger partial charge on any atom is 0.106 e. The van der Waals surface area contributed by atoms with Crippen molar-refractivity contribution in [2.24, 2.45) is 0 Å². The lowest BCUT2D eigenvalue weighted by molar-refractivity contribution is 1.20. The minimum atomic E-state index is 0.941. The van der Waals surface area contributed by atoms with Crippen molar-refractivity contribution in [2.75, 3.05) is 0 Å². The van der Waals surface area contributed by atoms with Crippen LogP contribution >= 0.6 is 0 Å². The molecule has 0 nitrogen and oxygen atoms in total. The summed E-state index contributed by atoms with van der Waals surface area (Å²) >= 11 is 0. The molecule has 0 fully saturated rings. The molecule has 0 aromatic rings. The Balaban J connectivity index is 3.22. The SMILES string of the molecule is [CH2+]C/C(C)=C\C. The van der Waals surface area contributed by atoms with Gasteiger partial charge in [-0.25, -0.2) is 0 Å². The molecule has 0 heterocycles. The van der Waals surface area contributed by atoms with Gasteiger partial charge in [-0.3, -0.25) is 0 Å². The van der Waals surface area contributed by atoms with Gasteiger partial charge in [0.15, 0.2) is 0 Å². The van der Waals surface area contributed by atoms with Crippen LogP contribution in [0.2, 0.25) is 0 Å². The Morgan fingerprint density at radius 3 is 2.33 bits per heavy atom. The minimum absolute atomic E-state index is 0.941. The van der Waals surface area contributed by atoms with E-state index in [9.17, 15) is 0 Å². The van der Waals surface area contributed by atoms with Crippen LogP contribution in [0.15, 0.2) is 11.6 Å². The predicted octanol–water partition coefficient (Wildman–Crippen LogP) is 2.18. The first-order chi connectivity index (χ1) is 2.81. The van der Waals surface area contributed by atoms with E-state index in [2.05, 4.69) is 19.9 Å². The third-order valence-electron chi connectivity index (χ3n) is 0.887. The van der Waals surface area contributed by atoms with E-state index in [0.29, 0.717) is 0 Å². The fraction of sp³-hybridized carbons (Fsp3) is 0.500. The van der Waals surface area contributed by atoms with Crippen LogP contribution in [0.5, 0.6) is 0 Å². The fourth-order valence-electron chi connectivity index (χ4n) is 0.144. The Bertz CT molecular complexity index is 51.1. The number of hydrogen-bond acceptors (Lipinski definition) is 0. The Kier molecular flexibility index (Phi) is 2.64. The van der Waals surface area contributed by atoms with E-state index < -0.39 is 0 Å². The van der Waals surface area contributed by atoms with Crippen LogP contribution < -0.4 is 0 Å². The van der Waals surface area contributed by atoms with Crippen molar-refractivity contribution in [3.63, 3.8) is 0 Å². The Morgan fingerprint density at radius 2 is 2.33 bits per heavy atom. The molecule has 0 atom stereocenters. The third kappa shape index (κ3) is 1.89. The molecule has 0 saturated carbocycles. The maximum absolute atomic E-state index is 3.69. The maximum atomic E-state index is 3.69. The van der Waals surface area contributed by atoms with Gasteiger partial charge in [0.25, 0.3) is 0 Å². The quantitative estimate of drug-likeness (QED) is 0.336. The summed E-state index contributed by atoms with van der Waals surface area (Å²) in [5.41, 5.74) is 1.36. The highest BCUT2D eigenvalue weighted by atomic mass is 13.8. The second-order valence-corrected chi connectivity index (χ2v) is 1.39. The van der Waals surface area contributed by atoms with Gasteiger partial charge in [-0.05, 0) is 19.4 Å². The molecular formula is C6H11+. The summed E-state index contributed by atoms with van der Waals surface area (Å²) in [5, 5.41) is 0. The van der Waals surface area contributed by atoms with Crippen molar-refractivity contribution < 1.29 is 0 Å². The average molecular weight is 83.2 g/mol. The molecule has 0 bridgehead atoms. The van der Waals surface area contributed by atoms with Gasteiger partial charge in [0.05, 0.1) is 6.92 Å². The lowest BCUT2D eigenvalue weighted by atomic mass is 10.2. The van der Waals surface area contributed by atoms with Crippen molar-refractivity contribution in [3.8, 4) is 0 Å². The van der Waals surface area contributed by atoms with Crippen molar-refractivity contribution in [1.29, 1.82) is 0 Å². The van der Waals surface area contributed by atoms with Gasteiger partial charge in [0.1, 0.15) is 6.42 Å². The average Bonchev–Trinajstić information content (AvgIpc) is 1.65. The molecule has 0 amide bonds. The fourth-order valence-corrected chi connectivity index (χ4v) is 0.144. The van der Waals surface area contributed by atoms with Gasteiger partial charge < -0.3 is 0 Å². The van der Waals surface area contributed by atoms with Crippen LogP contribution in [-0.2, 0) is 0 Å². The Labute approximate surface area is 39.9 Å². The molecule has 0 heteroatoms. The summed E-state index contributed by atoms with van der Waals surface area (Å²) in [6.45, 7) is 7.79. The first-order valence-electron chi connectivity index (χ1n) is 2.22. The highest BCUT2D eigenvalue weighted by Crippen LogP contribution is 1.93. The summed E-state index contributed by atoms with van der Waals surface area (Å²) in [4.78, 5) is 0. The first kappa shape index (κ1) is 5.61. The number of rotatable bonds is 1. The third-order valence-corrected chi connectivity index (χ3v) is 0.887. The van der Waals surface area contributed by atoms with E-state index in [1.54, 1.807) is 0 Å². The van der Waals surface area contributed by atoms with Crippen molar-refractivity contribution in [1.82, 2.24) is 0 Å². The topological polar surface area (TPSA) is 0 Å². The lowest BCUT2D eigenvalue weighted by Gasteiger charge is -1.79. The zero-order chi connectivity index (χ0) is 4.99. The second kappa shape index (κ2) is 2.83. The highest BCUT2D eigenvalue weighted by Gasteiger charge is 1.79. The predicted molar refractivity (Wildman–Crippen MR) is 29.4 cm³/mol. The van der Waals surface area contributed by atoms with Gasteiger partial charge in [-0.2, -0.15) is 0 Å². The van der Waals surface area contributed by atoms with Crippen molar-refractivity contribution in [3.05, 3.63) is 18.6 Å². The van der Waals surface area contributed by atoms with E-state index in [-0.39, 0.29) is 0 Å². The summed E-state index contributed by atoms with van der Waals surface area (Å²) < 4.78 is 0.